The third kappa shape index (κ3) is 6.50. The molecule has 156 valence electrons. The van der Waals surface area contributed by atoms with Crippen molar-refractivity contribution in [3.8, 4) is 11.5 Å². The number of phosphoric ester groups is 1. The Labute approximate surface area is 161 Å². The number of phosphoric acid groups is 1. The molecule has 0 aromatic carbocycles. The summed E-state index contributed by atoms with van der Waals surface area (Å²) >= 11 is 0. The highest BCUT2D eigenvalue weighted by Gasteiger charge is 2.17. The van der Waals surface area contributed by atoms with Gasteiger partial charge in [0, 0.05) is 47.7 Å². The largest absolute Gasteiger partial charge is 0.506 e. The van der Waals surface area contributed by atoms with Crippen LogP contribution in [0.4, 0.5) is 0 Å². The van der Waals surface area contributed by atoms with E-state index in [-0.39, 0.29) is 37.8 Å². The fourth-order valence-corrected chi connectivity index (χ4v) is 2.55. The van der Waals surface area contributed by atoms with Crippen LogP contribution in [0.15, 0.2) is 12.4 Å². The molecule has 0 aliphatic heterocycles. The SMILES string of the molecule is Cc1ncc(CO)c(CN)c1O.Cc1ncc(COP(=O)(O)O)c(CN)c1O. The van der Waals surface area contributed by atoms with Crippen molar-refractivity contribution in [2.45, 2.75) is 40.2 Å². The molecule has 0 aliphatic carbocycles. The predicted octanol–water partition coefficient (Wildman–Crippen LogP) is 0.210. The Balaban J connectivity index is 0.000000292. The van der Waals surface area contributed by atoms with Gasteiger partial charge in [-0.05, 0) is 13.8 Å². The number of hydrogen-bond donors (Lipinski definition) is 7. The molecule has 0 unspecified atom stereocenters. The smallest absolute Gasteiger partial charge is 0.469 e. The zero-order chi connectivity index (χ0) is 21.5. The summed E-state index contributed by atoms with van der Waals surface area (Å²) in [5, 5.41) is 27.9. The normalized spacial score (nSPS) is 11.1. The molecule has 2 aromatic heterocycles. The number of aromatic nitrogens is 2. The van der Waals surface area contributed by atoms with Crippen molar-refractivity contribution >= 4 is 7.82 Å². The molecule has 2 heterocycles. The summed E-state index contributed by atoms with van der Waals surface area (Å²) in [7, 11) is -4.54. The van der Waals surface area contributed by atoms with Gasteiger partial charge in [-0.3, -0.25) is 14.5 Å². The highest BCUT2D eigenvalue weighted by Crippen LogP contribution is 2.37. The van der Waals surface area contributed by atoms with Gasteiger partial charge < -0.3 is 36.6 Å². The molecule has 0 atom stereocenters. The van der Waals surface area contributed by atoms with E-state index in [0.717, 1.165) is 0 Å². The second-order valence-electron chi connectivity index (χ2n) is 5.72. The standard InChI is InChI=1S/C8H13N2O5P.C8H12N2O2/c1-5-8(11)7(2-9)6(3-10-5)4-15-16(12,13)14;1-5-8(12)7(2-9)6(4-11)3-10-5/h3,11H,2,4,9H2,1H3,(H2,12,13,14);3,11-12H,2,4,9H2,1H3. The van der Waals surface area contributed by atoms with Crippen molar-refractivity contribution in [1.29, 1.82) is 0 Å². The molecule has 2 aromatic rings. The Kier molecular flexibility index (Phi) is 8.92. The molecule has 9 N–H and O–H groups in total. The molecule has 0 saturated heterocycles. The number of nitrogens with zero attached hydrogens (tertiary/aromatic N) is 2. The zero-order valence-corrected chi connectivity index (χ0v) is 16.4. The maximum atomic E-state index is 10.5. The van der Waals surface area contributed by atoms with E-state index in [1.165, 1.54) is 12.4 Å². The summed E-state index contributed by atoms with van der Waals surface area (Å²) < 4.78 is 14.8. The number of pyridine rings is 2. The number of aliphatic hydroxyl groups is 1. The third-order valence-corrected chi connectivity index (χ3v) is 4.29. The van der Waals surface area contributed by atoms with Crippen molar-refractivity contribution in [3.63, 3.8) is 0 Å². The molecular weight excluding hydrogens is 391 g/mol. The van der Waals surface area contributed by atoms with Gasteiger partial charge in [0.1, 0.15) is 11.5 Å². The molecule has 0 saturated carbocycles. The van der Waals surface area contributed by atoms with Crippen molar-refractivity contribution in [2.24, 2.45) is 11.5 Å². The molecular formula is C16H25N4O7P. The molecule has 0 bridgehead atoms. The molecule has 11 nitrogen and oxygen atoms in total. The number of nitrogens with two attached hydrogens (primary N) is 2. The Morgan fingerprint density at radius 3 is 1.79 bits per heavy atom. The highest BCUT2D eigenvalue weighted by atomic mass is 31.2. The van der Waals surface area contributed by atoms with Crippen LogP contribution >= 0.6 is 7.82 Å². The average Bonchev–Trinajstić information content (AvgIpc) is 2.64. The van der Waals surface area contributed by atoms with Crippen LogP contribution in [0, 0.1) is 13.8 Å². The maximum Gasteiger partial charge on any atom is 0.469 e. The Morgan fingerprint density at radius 1 is 0.964 bits per heavy atom. The molecule has 12 heteroatoms. The van der Waals surface area contributed by atoms with Crippen LogP contribution in [0.2, 0.25) is 0 Å². The quantitative estimate of drug-likeness (QED) is 0.317. The van der Waals surface area contributed by atoms with Crippen molar-refractivity contribution in [3.05, 3.63) is 46.0 Å². The summed E-state index contributed by atoms with van der Waals surface area (Å²) in [6, 6.07) is 0. The first-order chi connectivity index (χ1) is 13.1. The lowest BCUT2D eigenvalue weighted by Gasteiger charge is -2.11. The Morgan fingerprint density at radius 2 is 1.39 bits per heavy atom. The van der Waals surface area contributed by atoms with Crippen molar-refractivity contribution < 1.29 is 34.2 Å². The summed E-state index contributed by atoms with van der Waals surface area (Å²) in [5.41, 5.74) is 13.6. The maximum absolute atomic E-state index is 10.5. The molecule has 0 fully saturated rings. The molecule has 2 rings (SSSR count). The second kappa shape index (κ2) is 10.4. The number of aliphatic hydroxyl groups excluding tert-OH is 1. The van der Waals surface area contributed by atoms with E-state index in [4.69, 9.17) is 26.4 Å². The lowest BCUT2D eigenvalue weighted by atomic mass is 10.1. The van der Waals surface area contributed by atoms with Gasteiger partial charge in [0.2, 0.25) is 0 Å². The lowest BCUT2D eigenvalue weighted by molar-refractivity contribution is 0.188. The van der Waals surface area contributed by atoms with E-state index in [1.54, 1.807) is 13.8 Å². The highest BCUT2D eigenvalue weighted by molar-refractivity contribution is 7.46. The first-order valence-electron chi connectivity index (χ1n) is 8.09. The fraction of sp³-hybridized carbons (Fsp3) is 0.375. The number of hydrogen-bond acceptors (Lipinski definition) is 9. The van der Waals surface area contributed by atoms with Crippen LogP contribution in [0.25, 0.3) is 0 Å². The van der Waals surface area contributed by atoms with E-state index in [9.17, 15) is 14.8 Å². The molecule has 0 radical (unpaired) electrons. The number of rotatable bonds is 6. The summed E-state index contributed by atoms with van der Waals surface area (Å²) in [6.45, 7) is 3.04. The first-order valence-corrected chi connectivity index (χ1v) is 9.62. The van der Waals surface area contributed by atoms with Crippen LogP contribution in [0.1, 0.15) is 33.6 Å². The number of aromatic hydroxyl groups is 2. The van der Waals surface area contributed by atoms with E-state index in [1.807, 2.05) is 0 Å². The molecule has 0 amide bonds. The van der Waals surface area contributed by atoms with Gasteiger partial charge in [0.05, 0.1) is 24.6 Å². The summed E-state index contributed by atoms with van der Waals surface area (Å²) in [6.07, 6.45) is 2.89. The number of aryl methyl sites for hydroxylation is 2. The molecule has 0 spiro atoms. The van der Waals surface area contributed by atoms with Crippen LogP contribution in [-0.2, 0) is 35.4 Å². The van der Waals surface area contributed by atoms with Gasteiger partial charge in [-0.15, -0.1) is 0 Å². The van der Waals surface area contributed by atoms with E-state index < -0.39 is 7.82 Å². The van der Waals surface area contributed by atoms with Crippen LogP contribution in [-0.4, -0.2) is 35.1 Å². The Bertz CT molecular complexity index is 857. The minimum atomic E-state index is -4.54. The molecule has 0 aliphatic rings. The summed E-state index contributed by atoms with van der Waals surface area (Å²) in [4.78, 5) is 24.8. The van der Waals surface area contributed by atoms with Gasteiger partial charge >= 0.3 is 7.82 Å². The second-order valence-corrected chi connectivity index (χ2v) is 6.96. The monoisotopic (exact) mass is 416 g/mol. The summed E-state index contributed by atoms with van der Waals surface area (Å²) in [5.74, 6) is 0.0124. The van der Waals surface area contributed by atoms with Gasteiger partial charge in [-0.2, -0.15) is 0 Å². The van der Waals surface area contributed by atoms with Gasteiger partial charge in [-0.25, -0.2) is 4.57 Å². The van der Waals surface area contributed by atoms with Gasteiger partial charge in [0.15, 0.2) is 0 Å². The van der Waals surface area contributed by atoms with Crippen LogP contribution in [0.3, 0.4) is 0 Å². The van der Waals surface area contributed by atoms with Crippen LogP contribution < -0.4 is 11.5 Å². The topological polar surface area (TPSA) is 205 Å². The van der Waals surface area contributed by atoms with Crippen LogP contribution in [0.5, 0.6) is 11.5 Å². The molecule has 28 heavy (non-hydrogen) atoms. The van der Waals surface area contributed by atoms with E-state index in [2.05, 4.69) is 14.5 Å². The van der Waals surface area contributed by atoms with Gasteiger partial charge in [0.25, 0.3) is 0 Å². The first kappa shape index (κ1) is 23.9. The Hall–Kier alpha value is -2.11. The fourth-order valence-electron chi connectivity index (χ4n) is 2.24. The third-order valence-electron chi connectivity index (χ3n) is 3.83. The van der Waals surface area contributed by atoms with E-state index in [0.29, 0.717) is 33.6 Å². The predicted molar refractivity (Wildman–Crippen MR) is 99.8 cm³/mol. The zero-order valence-electron chi connectivity index (χ0n) is 15.5. The minimum Gasteiger partial charge on any atom is -0.506 e. The minimum absolute atomic E-state index is 0.0368. The van der Waals surface area contributed by atoms with Gasteiger partial charge in [-0.1, -0.05) is 0 Å². The van der Waals surface area contributed by atoms with Crippen molar-refractivity contribution in [1.82, 2.24) is 9.97 Å². The van der Waals surface area contributed by atoms with Crippen molar-refractivity contribution in [2.75, 3.05) is 0 Å². The van der Waals surface area contributed by atoms with E-state index >= 15 is 0 Å². The average molecular weight is 416 g/mol. The lowest BCUT2D eigenvalue weighted by Crippen LogP contribution is -2.05.